The Labute approximate surface area is 568 Å². The second-order valence-electron chi connectivity index (χ2n) is 27.6. The summed E-state index contributed by atoms with van der Waals surface area (Å²) in [5.74, 6) is -0.612. The molecule has 0 aliphatic rings. The van der Waals surface area contributed by atoms with Gasteiger partial charge in [0.15, 0.2) is 12.2 Å². The van der Waals surface area contributed by atoms with Gasteiger partial charge in [0.25, 0.3) is 0 Å². The summed E-state index contributed by atoms with van der Waals surface area (Å²) in [6.07, 6.45) is 52.9. The van der Waals surface area contributed by atoms with E-state index < -0.39 is 97.5 Å². The SMILES string of the molecule is CCCCCCCCCCCCCCCCCCCCC(=O)O[C@H](COC(=O)CCCCCCCCCCCCCCCC(C)C)COP(=O)(O)OC[C@@H](O)COP(=O)(O)OC[C@@H](COC(=O)CCCCCCCCCC)OC(=O)CCCCCCCCCCC(C)C. The predicted molar refractivity (Wildman–Crippen MR) is 377 cm³/mol. The summed E-state index contributed by atoms with van der Waals surface area (Å²) in [5.41, 5.74) is 0. The molecule has 0 saturated heterocycles. The van der Waals surface area contributed by atoms with Gasteiger partial charge in [0.2, 0.25) is 0 Å². The molecule has 0 bridgehead atoms. The summed E-state index contributed by atoms with van der Waals surface area (Å²) in [7, 11) is -9.90. The molecule has 0 saturated carbocycles. The van der Waals surface area contributed by atoms with E-state index in [2.05, 4.69) is 41.5 Å². The highest BCUT2D eigenvalue weighted by Crippen LogP contribution is 2.45. The first kappa shape index (κ1) is 91.1. The summed E-state index contributed by atoms with van der Waals surface area (Å²) >= 11 is 0. The van der Waals surface area contributed by atoms with Crippen molar-refractivity contribution in [2.24, 2.45) is 11.8 Å². The summed E-state index contributed by atoms with van der Waals surface area (Å²) < 4.78 is 68.4. The number of hydrogen-bond acceptors (Lipinski definition) is 15. The first-order valence-corrected chi connectivity index (χ1v) is 41.5. The minimum atomic E-state index is -4.96. The van der Waals surface area contributed by atoms with Gasteiger partial charge in [-0.2, -0.15) is 0 Å². The lowest BCUT2D eigenvalue weighted by Gasteiger charge is -2.21. The quantitative estimate of drug-likeness (QED) is 0.0222. The van der Waals surface area contributed by atoms with Crippen molar-refractivity contribution in [2.45, 2.75) is 400 Å². The Morgan fingerprint density at radius 3 is 0.731 bits per heavy atom. The Hall–Kier alpha value is -1.94. The van der Waals surface area contributed by atoms with Gasteiger partial charge in [0, 0.05) is 25.7 Å². The van der Waals surface area contributed by atoms with Crippen molar-refractivity contribution < 1.29 is 80.2 Å². The molecule has 0 aliphatic carbocycles. The van der Waals surface area contributed by atoms with Gasteiger partial charge < -0.3 is 33.8 Å². The molecule has 0 amide bonds. The number of hydrogen-bond donors (Lipinski definition) is 3. The molecule has 0 heterocycles. The summed E-state index contributed by atoms with van der Waals surface area (Å²) in [5, 5.41) is 10.6. The third-order valence-corrected chi connectivity index (χ3v) is 19.1. The van der Waals surface area contributed by atoms with Crippen LogP contribution in [0, 0.1) is 11.8 Å². The maximum absolute atomic E-state index is 13.1. The number of esters is 4. The highest BCUT2D eigenvalue weighted by molar-refractivity contribution is 7.47. The predicted octanol–water partition coefficient (Wildman–Crippen LogP) is 21.6. The lowest BCUT2D eigenvalue weighted by Crippen LogP contribution is -2.30. The molecule has 2 unspecified atom stereocenters. The molecular formula is C74H144O17P2. The molecule has 0 spiro atoms. The third-order valence-electron chi connectivity index (χ3n) is 17.2. The summed E-state index contributed by atoms with van der Waals surface area (Å²) in [6.45, 7) is 9.53. The van der Waals surface area contributed by atoms with Gasteiger partial charge in [-0.15, -0.1) is 0 Å². The van der Waals surface area contributed by atoms with E-state index in [-0.39, 0.29) is 25.7 Å². The summed E-state index contributed by atoms with van der Waals surface area (Å²) in [4.78, 5) is 72.6. The van der Waals surface area contributed by atoms with Crippen molar-refractivity contribution in [1.82, 2.24) is 0 Å². The first-order chi connectivity index (χ1) is 44.9. The second-order valence-corrected chi connectivity index (χ2v) is 30.5. The molecule has 0 aromatic carbocycles. The Kier molecular flexibility index (Phi) is 64.6. The molecule has 5 atom stereocenters. The molecule has 17 nitrogen and oxygen atoms in total. The van der Waals surface area contributed by atoms with Crippen molar-refractivity contribution in [2.75, 3.05) is 39.6 Å². The fourth-order valence-corrected chi connectivity index (χ4v) is 12.9. The van der Waals surface area contributed by atoms with Gasteiger partial charge in [-0.05, 0) is 37.5 Å². The minimum Gasteiger partial charge on any atom is -0.462 e. The monoisotopic (exact) mass is 1370 g/mol. The van der Waals surface area contributed by atoms with Crippen LogP contribution < -0.4 is 0 Å². The maximum Gasteiger partial charge on any atom is 0.472 e. The normalized spacial score (nSPS) is 14.1. The topological polar surface area (TPSA) is 237 Å². The molecule has 0 radical (unpaired) electrons. The van der Waals surface area contributed by atoms with Crippen molar-refractivity contribution in [3.8, 4) is 0 Å². The smallest absolute Gasteiger partial charge is 0.462 e. The number of aliphatic hydroxyl groups excluding tert-OH is 1. The number of phosphoric acid groups is 2. The van der Waals surface area contributed by atoms with Gasteiger partial charge in [0.1, 0.15) is 19.3 Å². The van der Waals surface area contributed by atoms with E-state index in [9.17, 15) is 43.2 Å². The van der Waals surface area contributed by atoms with E-state index in [1.165, 1.54) is 193 Å². The molecule has 0 aromatic rings. The highest BCUT2D eigenvalue weighted by atomic mass is 31.2. The van der Waals surface area contributed by atoms with Crippen LogP contribution in [-0.2, 0) is 65.4 Å². The average Bonchev–Trinajstić information content (AvgIpc) is 2.78. The zero-order valence-corrected chi connectivity index (χ0v) is 62.3. The molecule has 93 heavy (non-hydrogen) atoms. The molecule has 3 N–H and O–H groups in total. The summed E-state index contributed by atoms with van der Waals surface area (Å²) in [6, 6.07) is 0. The van der Waals surface area contributed by atoms with Crippen LogP contribution in [0.2, 0.25) is 0 Å². The Balaban J connectivity index is 5.21. The molecule has 0 aliphatic heterocycles. The number of phosphoric ester groups is 2. The molecular weight excluding hydrogens is 1220 g/mol. The largest absolute Gasteiger partial charge is 0.472 e. The Bertz CT molecular complexity index is 1800. The Morgan fingerprint density at radius 1 is 0.290 bits per heavy atom. The zero-order chi connectivity index (χ0) is 68.6. The van der Waals surface area contributed by atoms with Crippen LogP contribution in [-0.4, -0.2) is 96.7 Å². The van der Waals surface area contributed by atoms with Gasteiger partial charge in [-0.25, -0.2) is 9.13 Å². The van der Waals surface area contributed by atoms with E-state index in [1.54, 1.807) is 0 Å². The van der Waals surface area contributed by atoms with Crippen LogP contribution in [0.25, 0.3) is 0 Å². The van der Waals surface area contributed by atoms with Crippen molar-refractivity contribution in [3.63, 3.8) is 0 Å². The fraction of sp³-hybridized carbons (Fsp3) is 0.946. The molecule has 552 valence electrons. The van der Waals surface area contributed by atoms with E-state index >= 15 is 0 Å². The zero-order valence-electron chi connectivity index (χ0n) is 60.6. The molecule has 0 aromatic heterocycles. The lowest BCUT2D eigenvalue weighted by atomic mass is 10.0. The van der Waals surface area contributed by atoms with Gasteiger partial charge >= 0.3 is 39.5 Å². The van der Waals surface area contributed by atoms with Crippen LogP contribution in [0.1, 0.15) is 382 Å². The van der Waals surface area contributed by atoms with E-state index in [1.807, 2.05) is 0 Å². The van der Waals surface area contributed by atoms with Crippen LogP contribution in [0.4, 0.5) is 0 Å². The van der Waals surface area contributed by atoms with Crippen molar-refractivity contribution in [1.29, 1.82) is 0 Å². The van der Waals surface area contributed by atoms with Gasteiger partial charge in [-0.1, -0.05) is 330 Å². The number of carbonyl (C=O) groups is 4. The maximum atomic E-state index is 13.1. The fourth-order valence-electron chi connectivity index (χ4n) is 11.3. The number of carbonyl (C=O) groups excluding carboxylic acids is 4. The van der Waals surface area contributed by atoms with Crippen LogP contribution in [0.5, 0.6) is 0 Å². The number of aliphatic hydroxyl groups is 1. The molecule has 0 rings (SSSR count). The number of ether oxygens (including phenoxy) is 4. The number of rotatable bonds is 73. The number of unbranched alkanes of at least 4 members (excludes halogenated alkanes) is 43. The second kappa shape index (κ2) is 66.0. The lowest BCUT2D eigenvalue weighted by molar-refractivity contribution is -0.161. The van der Waals surface area contributed by atoms with Gasteiger partial charge in [0.05, 0.1) is 26.4 Å². The third kappa shape index (κ3) is 68.4. The van der Waals surface area contributed by atoms with E-state index in [0.717, 1.165) is 108 Å². The van der Waals surface area contributed by atoms with Crippen molar-refractivity contribution in [3.05, 3.63) is 0 Å². The molecule has 0 fully saturated rings. The first-order valence-electron chi connectivity index (χ1n) is 38.5. The molecule has 19 heteroatoms. The van der Waals surface area contributed by atoms with Crippen LogP contribution in [0.3, 0.4) is 0 Å². The average molecular weight is 1370 g/mol. The van der Waals surface area contributed by atoms with Crippen molar-refractivity contribution >= 4 is 39.5 Å². The standard InChI is InChI=1S/C74H144O17P2/c1-7-9-11-13-15-17-18-19-20-21-22-23-26-30-33-40-46-52-58-73(78)90-70(63-85-72(77)57-51-45-39-32-29-27-24-25-28-31-36-42-48-54-66(3)4)65-89-93(82,83)87-61-68(75)60-86-92(80,81)88-64-69(62-84-71(76)56-50-44-38-16-14-12-10-8-2)91-74(79)59-53-47-41-35-34-37-43-49-55-67(5)6/h66-70,75H,7-65H2,1-6H3,(H,80,81)(H,82,83)/t68-,69+,70+/m0/s1. The van der Waals surface area contributed by atoms with Crippen LogP contribution >= 0.6 is 15.6 Å². The Morgan fingerprint density at radius 2 is 0.495 bits per heavy atom. The highest BCUT2D eigenvalue weighted by Gasteiger charge is 2.30. The van der Waals surface area contributed by atoms with E-state index in [4.69, 9.17) is 37.0 Å². The van der Waals surface area contributed by atoms with Crippen LogP contribution in [0.15, 0.2) is 0 Å². The van der Waals surface area contributed by atoms with Gasteiger partial charge in [-0.3, -0.25) is 37.3 Å². The minimum absolute atomic E-state index is 0.104. The van der Waals surface area contributed by atoms with E-state index in [0.29, 0.717) is 25.7 Å².